The molecule has 0 radical (unpaired) electrons. The smallest absolute Gasteiger partial charge is 0.287 e. The van der Waals surface area contributed by atoms with E-state index in [2.05, 4.69) is 10.3 Å². The molecule has 0 saturated heterocycles. The van der Waals surface area contributed by atoms with Crippen LogP contribution in [0.5, 0.6) is 0 Å². The molecule has 2 rings (SSSR count). The van der Waals surface area contributed by atoms with Crippen molar-refractivity contribution in [3.63, 3.8) is 0 Å². The van der Waals surface area contributed by atoms with Crippen molar-refractivity contribution >= 4 is 40.5 Å². The Morgan fingerprint density at radius 1 is 1.29 bits per heavy atom. The Hall–Kier alpha value is -1.56. The second kappa shape index (κ2) is 6.93. The van der Waals surface area contributed by atoms with Crippen molar-refractivity contribution in [2.45, 2.75) is 6.54 Å². The molecule has 0 aliphatic rings. The van der Waals surface area contributed by atoms with E-state index in [0.717, 1.165) is 10.2 Å². The first-order valence-electron chi connectivity index (χ1n) is 5.80. The van der Waals surface area contributed by atoms with E-state index in [4.69, 9.17) is 39.6 Å². The molecule has 0 N–H and O–H groups in total. The molecule has 8 heteroatoms. The van der Waals surface area contributed by atoms with Crippen LogP contribution in [0, 0.1) is 0 Å². The zero-order chi connectivity index (χ0) is 15.4. The fraction of sp³-hybridized carbons (Fsp3) is 0.154. The molecule has 1 heterocycles. The van der Waals surface area contributed by atoms with Crippen LogP contribution in [-0.2, 0) is 11.4 Å². The van der Waals surface area contributed by atoms with Gasteiger partial charge in [0.15, 0.2) is 0 Å². The van der Waals surface area contributed by atoms with E-state index < -0.39 is 5.56 Å². The Kier molecular flexibility index (Phi) is 5.22. The molecule has 0 aliphatic heterocycles. The quantitative estimate of drug-likeness (QED) is 0.631. The van der Waals surface area contributed by atoms with Crippen molar-refractivity contribution in [1.82, 2.24) is 9.78 Å². The normalized spacial score (nSPS) is 11.5. The van der Waals surface area contributed by atoms with Crippen LogP contribution in [0.3, 0.4) is 0 Å². The highest BCUT2D eigenvalue weighted by molar-refractivity contribution is 6.41. The van der Waals surface area contributed by atoms with Gasteiger partial charge in [-0.25, -0.2) is 4.68 Å². The van der Waals surface area contributed by atoms with Crippen LogP contribution in [-0.4, -0.2) is 22.6 Å². The molecule has 0 saturated carbocycles. The zero-order valence-electron chi connectivity index (χ0n) is 10.9. The predicted octanol–water partition coefficient (Wildman–Crippen LogP) is 3.25. The molecule has 5 nitrogen and oxygen atoms in total. The molecule has 21 heavy (non-hydrogen) atoms. The highest BCUT2D eigenvalue weighted by Gasteiger charge is 2.12. The maximum atomic E-state index is 12.0. The fourth-order valence-corrected chi connectivity index (χ4v) is 2.02. The average Bonchev–Trinajstić information content (AvgIpc) is 2.48. The van der Waals surface area contributed by atoms with Crippen LogP contribution in [0.25, 0.3) is 0 Å². The van der Waals surface area contributed by atoms with Gasteiger partial charge in [0, 0.05) is 10.6 Å². The predicted molar refractivity (Wildman–Crippen MR) is 83.5 cm³/mol. The van der Waals surface area contributed by atoms with Gasteiger partial charge < -0.3 is 4.84 Å². The molecule has 0 bridgehead atoms. The molecule has 0 fully saturated rings. The second-order valence-electron chi connectivity index (χ2n) is 4.00. The number of benzene rings is 1. The van der Waals surface area contributed by atoms with Gasteiger partial charge in [-0.15, -0.1) is 0 Å². The Bertz CT molecular complexity index is 726. The van der Waals surface area contributed by atoms with Crippen molar-refractivity contribution in [3.05, 3.63) is 61.4 Å². The summed E-state index contributed by atoms with van der Waals surface area (Å²) in [5.41, 5.74) is 0.755. The van der Waals surface area contributed by atoms with E-state index in [1.807, 2.05) is 0 Å². The van der Waals surface area contributed by atoms with E-state index in [9.17, 15) is 4.79 Å². The summed E-state index contributed by atoms with van der Waals surface area (Å²) in [6.45, 7) is 0.0885. The van der Waals surface area contributed by atoms with Gasteiger partial charge in [-0.05, 0) is 12.1 Å². The summed E-state index contributed by atoms with van der Waals surface area (Å²) in [6, 6.07) is 6.96. The van der Waals surface area contributed by atoms with Gasteiger partial charge in [0.1, 0.15) is 17.8 Å². The molecule has 0 unspecified atom stereocenters. The maximum absolute atomic E-state index is 12.0. The summed E-state index contributed by atoms with van der Waals surface area (Å²) >= 11 is 17.4. The number of halogens is 3. The second-order valence-corrected chi connectivity index (χ2v) is 5.22. The number of aromatic nitrogens is 2. The Morgan fingerprint density at radius 2 is 1.95 bits per heavy atom. The summed E-state index contributed by atoms with van der Waals surface area (Å²) < 4.78 is 1.15. The largest absolute Gasteiger partial charge is 0.399 e. The van der Waals surface area contributed by atoms with Crippen LogP contribution >= 0.6 is 34.8 Å². The lowest BCUT2D eigenvalue weighted by Crippen LogP contribution is -2.27. The third-order valence-electron chi connectivity index (χ3n) is 2.62. The lowest BCUT2D eigenvalue weighted by molar-refractivity contribution is 0.212. The van der Waals surface area contributed by atoms with Crippen molar-refractivity contribution in [2.75, 3.05) is 7.11 Å². The first-order chi connectivity index (χ1) is 10.0. The number of rotatable bonds is 4. The summed E-state index contributed by atoms with van der Waals surface area (Å²) in [5, 5.41) is 8.46. The third kappa shape index (κ3) is 3.75. The molecule has 1 aromatic heterocycles. The molecule has 0 aliphatic carbocycles. The Morgan fingerprint density at radius 3 is 2.57 bits per heavy atom. The lowest BCUT2D eigenvalue weighted by atomic mass is 10.1. The SMILES string of the molecule is CON=C(Cn1ncc(Cl)c(Cl)c1=O)c1ccc(Cl)cc1. The van der Waals surface area contributed by atoms with E-state index in [1.54, 1.807) is 24.3 Å². The first-order valence-corrected chi connectivity index (χ1v) is 6.93. The van der Waals surface area contributed by atoms with Gasteiger partial charge in [0.25, 0.3) is 5.56 Å². The van der Waals surface area contributed by atoms with E-state index in [1.165, 1.54) is 13.3 Å². The molecule has 0 amide bonds. The van der Waals surface area contributed by atoms with Crippen LogP contribution in [0.4, 0.5) is 0 Å². The molecule has 0 atom stereocenters. The van der Waals surface area contributed by atoms with Crippen LogP contribution in [0.2, 0.25) is 15.1 Å². The van der Waals surface area contributed by atoms with Gasteiger partial charge in [0.05, 0.1) is 17.8 Å². The van der Waals surface area contributed by atoms with E-state index >= 15 is 0 Å². The highest BCUT2D eigenvalue weighted by atomic mass is 35.5. The first kappa shape index (κ1) is 15.8. The minimum atomic E-state index is -0.498. The average molecular weight is 347 g/mol. The van der Waals surface area contributed by atoms with Crippen molar-refractivity contribution in [1.29, 1.82) is 0 Å². The van der Waals surface area contributed by atoms with Crippen molar-refractivity contribution in [3.8, 4) is 0 Å². The van der Waals surface area contributed by atoms with Crippen LogP contribution < -0.4 is 5.56 Å². The Balaban J connectivity index is 2.38. The topological polar surface area (TPSA) is 56.5 Å². The number of oxime groups is 1. The molecule has 0 spiro atoms. The summed E-state index contributed by atoms with van der Waals surface area (Å²) in [6.07, 6.45) is 1.30. The molecule has 1 aromatic carbocycles. The van der Waals surface area contributed by atoms with Crippen LogP contribution in [0.15, 0.2) is 40.4 Å². The van der Waals surface area contributed by atoms with Crippen LogP contribution in [0.1, 0.15) is 5.56 Å². The van der Waals surface area contributed by atoms with Gasteiger partial charge in [-0.2, -0.15) is 5.10 Å². The number of hydrogen-bond acceptors (Lipinski definition) is 4. The van der Waals surface area contributed by atoms with E-state index in [0.29, 0.717) is 10.7 Å². The van der Waals surface area contributed by atoms with Crippen molar-refractivity contribution in [2.24, 2.45) is 5.16 Å². The maximum Gasteiger partial charge on any atom is 0.287 e. The standard InChI is InChI=1S/C13H10Cl3N3O2/c1-21-18-11(8-2-4-9(14)5-3-8)7-19-13(20)12(16)10(15)6-17-19/h2-6H,7H2,1H3. The number of nitrogens with zero attached hydrogens (tertiary/aromatic N) is 3. The van der Waals surface area contributed by atoms with Gasteiger partial charge >= 0.3 is 0 Å². The summed E-state index contributed by atoms with van der Waals surface area (Å²) in [7, 11) is 1.42. The highest BCUT2D eigenvalue weighted by Crippen LogP contribution is 2.15. The molecular weight excluding hydrogens is 337 g/mol. The summed E-state index contributed by atoms with van der Waals surface area (Å²) in [4.78, 5) is 16.8. The summed E-state index contributed by atoms with van der Waals surface area (Å²) in [5.74, 6) is 0. The number of hydrogen-bond donors (Lipinski definition) is 0. The van der Waals surface area contributed by atoms with Crippen molar-refractivity contribution < 1.29 is 4.84 Å². The van der Waals surface area contributed by atoms with E-state index in [-0.39, 0.29) is 16.6 Å². The molecular formula is C13H10Cl3N3O2. The zero-order valence-corrected chi connectivity index (χ0v) is 13.2. The van der Waals surface area contributed by atoms with Gasteiger partial charge in [-0.1, -0.05) is 52.1 Å². The minimum Gasteiger partial charge on any atom is -0.399 e. The third-order valence-corrected chi connectivity index (χ3v) is 3.62. The van der Waals surface area contributed by atoms with Gasteiger partial charge in [-0.3, -0.25) is 4.79 Å². The molecule has 110 valence electrons. The fourth-order valence-electron chi connectivity index (χ4n) is 1.62. The monoisotopic (exact) mass is 345 g/mol. The van der Waals surface area contributed by atoms with Gasteiger partial charge in [0.2, 0.25) is 0 Å². The minimum absolute atomic E-state index is 0.0838. The molecule has 2 aromatic rings. The lowest BCUT2D eigenvalue weighted by Gasteiger charge is -2.08. The Labute approximate surface area is 135 Å².